The van der Waals surface area contributed by atoms with E-state index in [9.17, 15) is 13.2 Å². The Morgan fingerprint density at radius 3 is 2.06 bits per heavy atom. The summed E-state index contributed by atoms with van der Waals surface area (Å²) in [5.41, 5.74) is -0.427. The predicted octanol–water partition coefficient (Wildman–Crippen LogP) is 3.08. The first-order valence-corrected chi connectivity index (χ1v) is 5.23. The van der Waals surface area contributed by atoms with E-state index < -0.39 is 11.6 Å². The van der Waals surface area contributed by atoms with Crippen LogP contribution in [-0.2, 0) is 16.6 Å². The third-order valence-corrected chi connectivity index (χ3v) is 3.15. The second-order valence-electron chi connectivity index (χ2n) is 4.12. The van der Waals surface area contributed by atoms with Crippen LogP contribution in [-0.4, -0.2) is 19.4 Å². The van der Waals surface area contributed by atoms with E-state index in [0.717, 1.165) is 12.0 Å². The summed E-state index contributed by atoms with van der Waals surface area (Å²) in [7, 11) is 0. The number of hydrogen-bond donors (Lipinski definition) is 0. The first-order chi connectivity index (χ1) is 7.49. The van der Waals surface area contributed by atoms with Crippen LogP contribution in [0.1, 0.15) is 18.1 Å². The zero-order chi connectivity index (χ0) is 11.8. The van der Waals surface area contributed by atoms with Crippen LogP contribution in [0.4, 0.5) is 13.2 Å². The molecule has 2 rings (SSSR count). The molecule has 1 aromatic carbocycles. The molecule has 0 spiro atoms. The van der Waals surface area contributed by atoms with Crippen molar-refractivity contribution in [2.24, 2.45) is 0 Å². The summed E-state index contributed by atoms with van der Waals surface area (Å²) in [5.74, 6) is 0. The van der Waals surface area contributed by atoms with Gasteiger partial charge >= 0.3 is 6.18 Å². The highest BCUT2D eigenvalue weighted by Crippen LogP contribution is 2.46. The molecule has 1 aliphatic rings. The lowest BCUT2D eigenvalue weighted by molar-refractivity contribution is -0.262. The van der Waals surface area contributed by atoms with Gasteiger partial charge in [0.05, 0.1) is 13.2 Å². The molecule has 88 valence electrons. The molecule has 1 nitrogen and oxygen atoms in total. The van der Waals surface area contributed by atoms with Crippen LogP contribution in [0.15, 0.2) is 24.3 Å². The van der Waals surface area contributed by atoms with Gasteiger partial charge in [0.1, 0.15) is 5.41 Å². The second-order valence-corrected chi connectivity index (χ2v) is 4.12. The summed E-state index contributed by atoms with van der Waals surface area (Å²) in [6.07, 6.45) is -3.41. The molecule has 1 aromatic rings. The molecule has 0 N–H and O–H groups in total. The van der Waals surface area contributed by atoms with Crippen molar-refractivity contribution < 1.29 is 17.9 Å². The van der Waals surface area contributed by atoms with Gasteiger partial charge in [-0.25, -0.2) is 0 Å². The van der Waals surface area contributed by atoms with Crippen LogP contribution in [0.3, 0.4) is 0 Å². The van der Waals surface area contributed by atoms with Crippen LogP contribution < -0.4 is 0 Å². The minimum Gasteiger partial charge on any atom is -0.379 e. The normalized spacial score (nSPS) is 19.2. The number of rotatable bonds is 2. The predicted molar refractivity (Wildman–Crippen MR) is 54.4 cm³/mol. The standard InChI is InChI=1S/C12H13F3O/c1-2-9-3-5-10(6-4-9)11(7-16-8-11)12(13,14)15/h3-6H,2,7-8H2,1H3. The van der Waals surface area contributed by atoms with Crippen molar-refractivity contribution >= 4 is 0 Å². The summed E-state index contributed by atoms with van der Waals surface area (Å²) in [6.45, 7) is 1.45. The third kappa shape index (κ3) is 1.61. The lowest BCUT2D eigenvalue weighted by Gasteiger charge is -2.43. The molecule has 0 bridgehead atoms. The fourth-order valence-corrected chi connectivity index (χ4v) is 1.86. The Labute approximate surface area is 92.2 Å². The first kappa shape index (κ1) is 11.5. The maximum absolute atomic E-state index is 12.9. The number of halogens is 3. The minimum absolute atomic E-state index is 0.262. The van der Waals surface area contributed by atoms with E-state index in [2.05, 4.69) is 0 Å². The Kier molecular flexibility index (Phi) is 2.70. The summed E-state index contributed by atoms with van der Waals surface area (Å²) in [6, 6.07) is 6.63. The van der Waals surface area contributed by atoms with Crippen LogP contribution >= 0.6 is 0 Å². The maximum Gasteiger partial charge on any atom is 0.402 e. The molecular weight excluding hydrogens is 217 g/mol. The molecule has 0 atom stereocenters. The highest BCUT2D eigenvalue weighted by atomic mass is 19.4. The molecule has 1 fully saturated rings. The second kappa shape index (κ2) is 3.77. The van der Waals surface area contributed by atoms with Gasteiger partial charge in [0.25, 0.3) is 0 Å². The number of ether oxygens (including phenoxy) is 1. The summed E-state index contributed by atoms with van der Waals surface area (Å²) >= 11 is 0. The zero-order valence-electron chi connectivity index (χ0n) is 8.97. The van der Waals surface area contributed by atoms with Crippen LogP contribution in [0.5, 0.6) is 0 Å². The summed E-state index contributed by atoms with van der Waals surface area (Å²) < 4.78 is 43.6. The van der Waals surface area contributed by atoms with Crippen molar-refractivity contribution in [3.05, 3.63) is 35.4 Å². The molecule has 1 saturated heterocycles. The minimum atomic E-state index is -4.24. The monoisotopic (exact) mass is 230 g/mol. The molecule has 1 heterocycles. The van der Waals surface area contributed by atoms with Gasteiger partial charge in [0.15, 0.2) is 0 Å². The molecule has 0 unspecified atom stereocenters. The Balaban J connectivity index is 2.34. The van der Waals surface area contributed by atoms with Gasteiger partial charge < -0.3 is 4.74 Å². The van der Waals surface area contributed by atoms with E-state index in [1.165, 1.54) is 0 Å². The number of aryl methyl sites for hydroxylation is 1. The van der Waals surface area contributed by atoms with Gasteiger partial charge in [-0.2, -0.15) is 13.2 Å². The highest BCUT2D eigenvalue weighted by molar-refractivity contribution is 5.33. The van der Waals surface area contributed by atoms with Gasteiger partial charge in [-0.3, -0.25) is 0 Å². The van der Waals surface area contributed by atoms with Gasteiger partial charge in [0.2, 0.25) is 0 Å². The lowest BCUT2D eigenvalue weighted by Crippen LogP contribution is -2.57. The molecular formula is C12H13F3O. The Bertz CT molecular complexity index is 363. The maximum atomic E-state index is 12.9. The van der Waals surface area contributed by atoms with E-state index in [1.54, 1.807) is 24.3 Å². The molecule has 0 amide bonds. The zero-order valence-corrected chi connectivity index (χ0v) is 8.97. The van der Waals surface area contributed by atoms with Gasteiger partial charge in [-0.15, -0.1) is 0 Å². The number of benzene rings is 1. The molecule has 4 heteroatoms. The Morgan fingerprint density at radius 2 is 1.75 bits per heavy atom. The molecule has 0 saturated carbocycles. The number of hydrogen-bond acceptors (Lipinski definition) is 1. The van der Waals surface area contributed by atoms with Crippen molar-refractivity contribution in [3.63, 3.8) is 0 Å². The van der Waals surface area contributed by atoms with E-state index in [0.29, 0.717) is 5.56 Å². The highest BCUT2D eigenvalue weighted by Gasteiger charge is 2.60. The Hall–Kier alpha value is -1.03. The first-order valence-electron chi connectivity index (χ1n) is 5.23. The van der Waals surface area contributed by atoms with Crippen LogP contribution in [0.2, 0.25) is 0 Å². The van der Waals surface area contributed by atoms with Gasteiger partial charge in [-0.05, 0) is 17.5 Å². The van der Waals surface area contributed by atoms with Crippen molar-refractivity contribution in [2.45, 2.75) is 24.9 Å². The summed E-state index contributed by atoms with van der Waals surface area (Å²) in [5, 5.41) is 0. The average molecular weight is 230 g/mol. The van der Waals surface area contributed by atoms with E-state index in [4.69, 9.17) is 4.74 Å². The smallest absolute Gasteiger partial charge is 0.379 e. The van der Waals surface area contributed by atoms with Crippen molar-refractivity contribution in [1.82, 2.24) is 0 Å². The van der Waals surface area contributed by atoms with E-state index >= 15 is 0 Å². The van der Waals surface area contributed by atoms with Crippen molar-refractivity contribution in [1.29, 1.82) is 0 Å². The topological polar surface area (TPSA) is 9.23 Å². The quantitative estimate of drug-likeness (QED) is 0.758. The fourth-order valence-electron chi connectivity index (χ4n) is 1.86. The van der Waals surface area contributed by atoms with Gasteiger partial charge in [-0.1, -0.05) is 31.2 Å². The van der Waals surface area contributed by atoms with Crippen molar-refractivity contribution in [3.8, 4) is 0 Å². The molecule has 0 radical (unpaired) electrons. The average Bonchev–Trinajstić information content (AvgIpc) is 2.15. The lowest BCUT2D eigenvalue weighted by atomic mass is 9.77. The largest absolute Gasteiger partial charge is 0.402 e. The van der Waals surface area contributed by atoms with E-state index in [-0.39, 0.29) is 13.2 Å². The molecule has 1 aliphatic heterocycles. The molecule has 0 aromatic heterocycles. The third-order valence-electron chi connectivity index (χ3n) is 3.15. The fraction of sp³-hybridized carbons (Fsp3) is 0.500. The molecule has 0 aliphatic carbocycles. The molecule has 16 heavy (non-hydrogen) atoms. The summed E-state index contributed by atoms with van der Waals surface area (Å²) in [4.78, 5) is 0. The van der Waals surface area contributed by atoms with Crippen LogP contribution in [0.25, 0.3) is 0 Å². The van der Waals surface area contributed by atoms with Crippen molar-refractivity contribution in [2.75, 3.05) is 13.2 Å². The van der Waals surface area contributed by atoms with Gasteiger partial charge in [0, 0.05) is 0 Å². The SMILES string of the molecule is CCc1ccc(C2(C(F)(F)F)COC2)cc1. The van der Waals surface area contributed by atoms with E-state index in [1.807, 2.05) is 6.92 Å². The Morgan fingerprint density at radius 1 is 1.19 bits per heavy atom. The number of alkyl halides is 3. The van der Waals surface area contributed by atoms with Crippen LogP contribution in [0, 0.1) is 0 Å².